The number of nitrogens with two attached hydrogens (primary N) is 1. The molecular weight excluding hydrogens is 413 g/mol. The lowest BCUT2D eigenvalue weighted by molar-refractivity contribution is -0.384. The van der Waals surface area contributed by atoms with Crippen LogP contribution in [0.25, 0.3) is 16.9 Å². The first-order valence-corrected chi connectivity index (χ1v) is 9.64. The van der Waals surface area contributed by atoms with Crippen molar-refractivity contribution in [2.24, 2.45) is 5.73 Å². The van der Waals surface area contributed by atoms with Crippen molar-refractivity contribution in [3.8, 4) is 16.9 Å². The molecule has 4 aromatic rings. The van der Waals surface area contributed by atoms with E-state index in [0.29, 0.717) is 11.3 Å². The van der Waals surface area contributed by atoms with Crippen LogP contribution in [0.4, 0.5) is 15.8 Å². The number of anilines is 1. The van der Waals surface area contributed by atoms with Gasteiger partial charge in [0.05, 0.1) is 16.3 Å². The summed E-state index contributed by atoms with van der Waals surface area (Å²) >= 11 is 0. The Labute approximate surface area is 182 Å². The van der Waals surface area contributed by atoms with Crippen LogP contribution in [-0.4, -0.2) is 20.6 Å². The zero-order valence-corrected chi connectivity index (χ0v) is 16.7. The number of rotatable bonds is 7. The number of halogens is 1. The van der Waals surface area contributed by atoms with Crippen molar-refractivity contribution in [2.75, 3.05) is 5.32 Å². The summed E-state index contributed by atoms with van der Waals surface area (Å²) in [5, 5.41) is 19.2. The molecular formula is C23H18FN5O3. The number of hydrogen-bond donors (Lipinski definition) is 2. The predicted octanol–water partition coefficient (Wildman–Crippen LogP) is 4.30. The maximum Gasteiger partial charge on any atom is 0.293 e. The van der Waals surface area contributed by atoms with E-state index < -0.39 is 10.8 Å². The maximum absolute atomic E-state index is 13.4. The van der Waals surface area contributed by atoms with Crippen LogP contribution in [0.15, 0.2) is 79.0 Å². The summed E-state index contributed by atoms with van der Waals surface area (Å²) in [6.45, 7) is 0.205. The molecule has 0 saturated carbocycles. The fourth-order valence-electron chi connectivity index (χ4n) is 3.28. The number of nitro groups is 1. The van der Waals surface area contributed by atoms with E-state index in [9.17, 15) is 19.3 Å². The largest absolute Gasteiger partial charge is 0.375 e. The summed E-state index contributed by atoms with van der Waals surface area (Å²) in [5.74, 6) is -1.11. The third kappa shape index (κ3) is 4.31. The Morgan fingerprint density at radius 1 is 1.09 bits per heavy atom. The molecule has 1 heterocycles. The van der Waals surface area contributed by atoms with Gasteiger partial charge in [-0.1, -0.05) is 18.2 Å². The Hall–Kier alpha value is -4.53. The number of aromatic nitrogens is 2. The second kappa shape index (κ2) is 8.68. The Kier molecular flexibility index (Phi) is 5.63. The molecule has 0 bridgehead atoms. The summed E-state index contributed by atoms with van der Waals surface area (Å²) in [5.41, 5.74) is 8.14. The van der Waals surface area contributed by atoms with Gasteiger partial charge in [-0.05, 0) is 48.5 Å². The molecule has 9 heteroatoms. The number of primary amides is 1. The minimum absolute atomic E-state index is 0.0474. The number of amides is 1. The van der Waals surface area contributed by atoms with Gasteiger partial charge in [0.15, 0.2) is 0 Å². The number of nitrogens with zero attached hydrogens (tertiary/aromatic N) is 3. The van der Waals surface area contributed by atoms with Gasteiger partial charge in [0.25, 0.3) is 5.69 Å². The van der Waals surface area contributed by atoms with Gasteiger partial charge in [0.1, 0.15) is 11.5 Å². The highest BCUT2D eigenvalue weighted by molar-refractivity contribution is 5.94. The van der Waals surface area contributed by atoms with Crippen LogP contribution >= 0.6 is 0 Å². The molecule has 1 amide bonds. The van der Waals surface area contributed by atoms with Crippen LogP contribution in [0.5, 0.6) is 0 Å². The van der Waals surface area contributed by atoms with Crippen LogP contribution in [-0.2, 0) is 6.54 Å². The predicted molar refractivity (Wildman–Crippen MR) is 118 cm³/mol. The second-order valence-electron chi connectivity index (χ2n) is 7.00. The molecule has 0 atom stereocenters. The van der Waals surface area contributed by atoms with Crippen molar-refractivity contribution in [3.63, 3.8) is 0 Å². The number of nitro benzene ring substituents is 1. The standard InChI is InChI=1S/C23H18FN5O3/c24-18-9-6-15(7-10-18)22-17(14-28(27-22)19-4-2-1-3-5-19)13-26-20-11-8-16(23(25)30)12-21(20)29(31)32/h1-12,14,26H,13H2,(H2,25,30). The molecule has 4 rings (SSSR count). The summed E-state index contributed by atoms with van der Waals surface area (Å²) in [6, 6.07) is 19.4. The van der Waals surface area contributed by atoms with E-state index >= 15 is 0 Å². The molecule has 32 heavy (non-hydrogen) atoms. The van der Waals surface area contributed by atoms with Crippen LogP contribution in [0.1, 0.15) is 15.9 Å². The molecule has 8 nitrogen and oxygen atoms in total. The smallest absolute Gasteiger partial charge is 0.293 e. The fraction of sp³-hybridized carbons (Fsp3) is 0.0435. The van der Waals surface area contributed by atoms with E-state index in [1.165, 1.54) is 24.3 Å². The normalized spacial score (nSPS) is 10.7. The molecule has 3 N–H and O–H groups in total. The van der Waals surface area contributed by atoms with Crippen molar-refractivity contribution in [3.05, 3.63) is 106 Å². The van der Waals surface area contributed by atoms with Gasteiger partial charge in [0, 0.05) is 35.5 Å². The molecule has 0 fully saturated rings. The summed E-state index contributed by atoms with van der Waals surface area (Å²) < 4.78 is 15.1. The summed E-state index contributed by atoms with van der Waals surface area (Å²) in [4.78, 5) is 22.3. The number of para-hydroxylation sites is 1. The van der Waals surface area contributed by atoms with Crippen molar-refractivity contribution >= 4 is 17.3 Å². The van der Waals surface area contributed by atoms with Crippen molar-refractivity contribution in [2.45, 2.75) is 6.54 Å². The molecule has 0 aliphatic heterocycles. The lowest BCUT2D eigenvalue weighted by atomic mass is 10.1. The zero-order valence-electron chi connectivity index (χ0n) is 16.7. The molecule has 0 radical (unpaired) electrons. The lowest BCUT2D eigenvalue weighted by Gasteiger charge is -2.08. The van der Waals surface area contributed by atoms with E-state index in [4.69, 9.17) is 5.73 Å². The average Bonchev–Trinajstić information content (AvgIpc) is 3.22. The molecule has 0 saturated heterocycles. The average molecular weight is 431 g/mol. The quantitative estimate of drug-likeness (QED) is 0.334. The Morgan fingerprint density at radius 2 is 1.81 bits per heavy atom. The molecule has 0 aliphatic rings. The second-order valence-corrected chi connectivity index (χ2v) is 7.00. The van der Waals surface area contributed by atoms with Crippen LogP contribution in [0.3, 0.4) is 0 Å². The van der Waals surface area contributed by atoms with Gasteiger partial charge in [-0.25, -0.2) is 9.07 Å². The minimum atomic E-state index is -0.748. The molecule has 1 aromatic heterocycles. The Morgan fingerprint density at radius 3 is 2.47 bits per heavy atom. The molecule has 3 aromatic carbocycles. The van der Waals surface area contributed by atoms with Crippen LogP contribution < -0.4 is 11.1 Å². The summed E-state index contributed by atoms with van der Waals surface area (Å²) in [7, 11) is 0. The lowest BCUT2D eigenvalue weighted by Crippen LogP contribution is -2.12. The maximum atomic E-state index is 13.4. The van der Waals surface area contributed by atoms with Crippen molar-refractivity contribution in [1.29, 1.82) is 0 Å². The first-order valence-electron chi connectivity index (χ1n) is 9.64. The Balaban J connectivity index is 1.70. The van der Waals surface area contributed by atoms with E-state index in [0.717, 1.165) is 17.3 Å². The first-order chi connectivity index (χ1) is 15.4. The van der Waals surface area contributed by atoms with Gasteiger partial charge in [0.2, 0.25) is 5.91 Å². The topological polar surface area (TPSA) is 116 Å². The molecule has 0 spiro atoms. The third-order valence-electron chi connectivity index (χ3n) is 4.88. The highest BCUT2D eigenvalue weighted by Crippen LogP contribution is 2.29. The van der Waals surface area contributed by atoms with Gasteiger partial charge >= 0.3 is 0 Å². The van der Waals surface area contributed by atoms with Crippen molar-refractivity contribution < 1.29 is 14.1 Å². The Bertz CT molecular complexity index is 1290. The first kappa shape index (κ1) is 20.7. The van der Waals surface area contributed by atoms with Gasteiger partial charge in [-0.15, -0.1) is 0 Å². The van der Waals surface area contributed by atoms with E-state index in [1.54, 1.807) is 16.8 Å². The summed E-state index contributed by atoms with van der Waals surface area (Å²) in [6.07, 6.45) is 1.81. The van der Waals surface area contributed by atoms with Crippen LogP contribution in [0, 0.1) is 15.9 Å². The number of carbonyl (C=O) groups is 1. The fourth-order valence-corrected chi connectivity index (χ4v) is 3.28. The zero-order chi connectivity index (χ0) is 22.7. The van der Waals surface area contributed by atoms with Gasteiger partial charge in [-0.2, -0.15) is 5.10 Å². The molecule has 0 unspecified atom stereocenters. The number of benzene rings is 3. The molecule has 0 aliphatic carbocycles. The number of carbonyl (C=O) groups excluding carboxylic acids is 1. The van der Waals surface area contributed by atoms with E-state index in [1.807, 2.05) is 36.5 Å². The monoisotopic (exact) mass is 431 g/mol. The van der Waals surface area contributed by atoms with Crippen molar-refractivity contribution in [1.82, 2.24) is 9.78 Å². The van der Waals surface area contributed by atoms with E-state index in [2.05, 4.69) is 10.4 Å². The van der Waals surface area contributed by atoms with E-state index in [-0.39, 0.29) is 29.3 Å². The molecule has 160 valence electrons. The van der Waals surface area contributed by atoms with Gasteiger partial charge < -0.3 is 11.1 Å². The highest BCUT2D eigenvalue weighted by Gasteiger charge is 2.18. The minimum Gasteiger partial charge on any atom is -0.375 e. The third-order valence-corrected chi connectivity index (χ3v) is 4.88. The van der Waals surface area contributed by atoms with Gasteiger partial charge in [-0.3, -0.25) is 14.9 Å². The number of nitrogens with one attached hydrogen (secondary N) is 1. The number of hydrogen-bond acceptors (Lipinski definition) is 5. The SMILES string of the molecule is NC(=O)c1ccc(NCc2cn(-c3ccccc3)nc2-c2ccc(F)cc2)c([N+](=O)[O-])c1. The van der Waals surface area contributed by atoms with Crippen LogP contribution in [0.2, 0.25) is 0 Å². The highest BCUT2D eigenvalue weighted by atomic mass is 19.1.